The second kappa shape index (κ2) is 7.25. The molecule has 20 heavy (non-hydrogen) atoms. The zero-order chi connectivity index (χ0) is 14.4. The molecule has 3 heteroatoms. The molecule has 1 N–H and O–H groups in total. The van der Waals surface area contributed by atoms with E-state index in [0.29, 0.717) is 0 Å². The summed E-state index contributed by atoms with van der Waals surface area (Å²) in [6.45, 7) is 9.55. The summed E-state index contributed by atoms with van der Waals surface area (Å²) in [5.74, 6) is 1.08. The lowest BCUT2D eigenvalue weighted by molar-refractivity contribution is 0.674. The lowest BCUT2D eigenvalue weighted by Gasteiger charge is -2.11. The maximum absolute atomic E-state index is 4.55. The number of hydrogen-bond acceptors (Lipinski definition) is 2. The van der Waals surface area contributed by atoms with E-state index in [1.807, 2.05) is 6.20 Å². The van der Waals surface area contributed by atoms with Gasteiger partial charge in [0.05, 0.1) is 0 Å². The molecule has 0 saturated heterocycles. The van der Waals surface area contributed by atoms with Crippen molar-refractivity contribution in [2.75, 3.05) is 6.54 Å². The van der Waals surface area contributed by atoms with Crippen LogP contribution in [0.4, 0.5) is 0 Å². The van der Waals surface area contributed by atoms with Crippen LogP contribution < -0.4 is 5.32 Å². The summed E-state index contributed by atoms with van der Waals surface area (Å²) in [4.78, 5) is 4.55. The Kier molecular flexibility index (Phi) is 5.36. The van der Waals surface area contributed by atoms with Crippen LogP contribution >= 0.6 is 0 Å². The summed E-state index contributed by atoms with van der Waals surface area (Å²) >= 11 is 0. The van der Waals surface area contributed by atoms with E-state index in [-0.39, 0.29) is 0 Å². The van der Waals surface area contributed by atoms with E-state index in [1.54, 1.807) is 0 Å². The maximum Gasteiger partial charge on any atom is 0.140 e. The fourth-order valence-corrected chi connectivity index (χ4v) is 2.40. The van der Waals surface area contributed by atoms with Gasteiger partial charge < -0.3 is 9.88 Å². The second-order valence-electron chi connectivity index (χ2n) is 5.27. The average molecular weight is 271 g/mol. The SMILES string of the molecule is CCCNCc1ccc(C)c(-c2nccn2CCC)c1. The molecule has 0 aliphatic rings. The van der Waals surface area contributed by atoms with Gasteiger partial charge in [-0.3, -0.25) is 0 Å². The molecule has 0 bridgehead atoms. The highest BCUT2D eigenvalue weighted by atomic mass is 15.1. The molecule has 0 saturated carbocycles. The molecule has 0 unspecified atom stereocenters. The zero-order valence-electron chi connectivity index (χ0n) is 12.8. The zero-order valence-corrected chi connectivity index (χ0v) is 12.8. The van der Waals surface area contributed by atoms with Crippen LogP contribution in [0.3, 0.4) is 0 Å². The minimum atomic E-state index is 0.926. The Hall–Kier alpha value is -1.61. The van der Waals surface area contributed by atoms with Gasteiger partial charge >= 0.3 is 0 Å². The predicted molar refractivity (Wildman–Crippen MR) is 84.7 cm³/mol. The topological polar surface area (TPSA) is 29.9 Å². The Balaban J connectivity index is 2.25. The Bertz CT molecular complexity index is 543. The van der Waals surface area contributed by atoms with Crippen LogP contribution in [-0.4, -0.2) is 16.1 Å². The molecule has 108 valence electrons. The molecular weight excluding hydrogens is 246 g/mol. The smallest absolute Gasteiger partial charge is 0.140 e. The maximum atomic E-state index is 4.55. The summed E-state index contributed by atoms with van der Waals surface area (Å²) in [5, 5.41) is 3.46. The molecule has 0 atom stereocenters. The van der Waals surface area contributed by atoms with E-state index in [1.165, 1.54) is 23.1 Å². The fraction of sp³-hybridized carbons (Fsp3) is 0.471. The van der Waals surface area contributed by atoms with E-state index < -0.39 is 0 Å². The van der Waals surface area contributed by atoms with Gasteiger partial charge in [-0.05, 0) is 43.5 Å². The third-order valence-corrected chi connectivity index (χ3v) is 3.48. The summed E-state index contributed by atoms with van der Waals surface area (Å²) in [6.07, 6.45) is 6.26. The van der Waals surface area contributed by atoms with Gasteiger partial charge in [0.25, 0.3) is 0 Å². The molecule has 0 radical (unpaired) electrons. The lowest BCUT2D eigenvalue weighted by Crippen LogP contribution is -2.13. The summed E-state index contributed by atoms with van der Waals surface area (Å²) in [6, 6.07) is 6.67. The molecule has 3 nitrogen and oxygen atoms in total. The monoisotopic (exact) mass is 271 g/mol. The van der Waals surface area contributed by atoms with E-state index >= 15 is 0 Å². The molecular formula is C17H25N3. The van der Waals surface area contributed by atoms with Crippen LogP contribution in [0, 0.1) is 6.92 Å². The molecule has 2 aromatic rings. The minimum absolute atomic E-state index is 0.926. The van der Waals surface area contributed by atoms with Gasteiger partial charge in [0.2, 0.25) is 0 Å². The highest BCUT2D eigenvalue weighted by molar-refractivity contribution is 5.61. The van der Waals surface area contributed by atoms with Gasteiger partial charge in [0.1, 0.15) is 5.82 Å². The third-order valence-electron chi connectivity index (χ3n) is 3.48. The van der Waals surface area contributed by atoms with Crippen LogP contribution in [0.5, 0.6) is 0 Å². The van der Waals surface area contributed by atoms with Crippen molar-refractivity contribution in [2.45, 2.75) is 46.7 Å². The van der Waals surface area contributed by atoms with Crippen LogP contribution in [0.1, 0.15) is 37.8 Å². The van der Waals surface area contributed by atoms with Crippen LogP contribution in [0.25, 0.3) is 11.4 Å². The summed E-state index contributed by atoms with van der Waals surface area (Å²) in [5.41, 5.74) is 3.86. The molecule has 1 aromatic heterocycles. The van der Waals surface area contributed by atoms with Gasteiger partial charge in [-0.15, -0.1) is 0 Å². The van der Waals surface area contributed by atoms with Crippen LogP contribution in [0.15, 0.2) is 30.6 Å². The van der Waals surface area contributed by atoms with Crippen molar-refractivity contribution in [3.8, 4) is 11.4 Å². The Morgan fingerprint density at radius 1 is 1.20 bits per heavy atom. The van der Waals surface area contributed by atoms with E-state index in [2.05, 4.69) is 60.0 Å². The first-order valence-corrected chi connectivity index (χ1v) is 7.58. The first-order valence-electron chi connectivity index (χ1n) is 7.58. The fourth-order valence-electron chi connectivity index (χ4n) is 2.40. The summed E-state index contributed by atoms with van der Waals surface area (Å²) < 4.78 is 2.24. The van der Waals surface area contributed by atoms with E-state index in [0.717, 1.165) is 31.9 Å². The molecule has 0 spiro atoms. The Morgan fingerprint density at radius 3 is 2.80 bits per heavy atom. The van der Waals surface area contributed by atoms with Gasteiger partial charge in [-0.1, -0.05) is 26.0 Å². The highest BCUT2D eigenvalue weighted by Gasteiger charge is 2.09. The Labute approximate surface area is 122 Å². The molecule has 0 amide bonds. The molecule has 0 aliphatic heterocycles. The number of hydrogen-bond donors (Lipinski definition) is 1. The molecule has 0 aliphatic carbocycles. The third kappa shape index (κ3) is 3.48. The number of imidazole rings is 1. The standard InChI is InChI=1S/C17H25N3/c1-4-8-18-13-15-7-6-14(3)16(12-15)17-19-9-11-20(17)10-5-2/h6-7,9,11-12,18H,4-5,8,10,13H2,1-3H3. The molecule has 0 fully saturated rings. The van der Waals surface area contributed by atoms with Crippen molar-refractivity contribution in [3.63, 3.8) is 0 Å². The number of nitrogens with one attached hydrogen (secondary N) is 1. The number of benzene rings is 1. The van der Waals surface area contributed by atoms with E-state index in [4.69, 9.17) is 0 Å². The van der Waals surface area contributed by atoms with Crippen molar-refractivity contribution in [3.05, 3.63) is 41.7 Å². The molecule has 1 heterocycles. The number of aryl methyl sites for hydroxylation is 2. The van der Waals surface area contributed by atoms with Crippen molar-refractivity contribution in [2.24, 2.45) is 0 Å². The van der Waals surface area contributed by atoms with Gasteiger partial charge in [0.15, 0.2) is 0 Å². The lowest BCUT2D eigenvalue weighted by atomic mass is 10.0. The number of rotatable bonds is 7. The number of aromatic nitrogens is 2. The largest absolute Gasteiger partial charge is 0.331 e. The van der Waals surface area contributed by atoms with Crippen molar-refractivity contribution < 1.29 is 0 Å². The van der Waals surface area contributed by atoms with Crippen molar-refractivity contribution >= 4 is 0 Å². The Morgan fingerprint density at radius 2 is 2.05 bits per heavy atom. The van der Waals surface area contributed by atoms with Crippen LogP contribution in [0.2, 0.25) is 0 Å². The quantitative estimate of drug-likeness (QED) is 0.777. The molecule has 1 aromatic carbocycles. The van der Waals surface area contributed by atoms with Gasteiger partial charge in [-0.25, -0.2) is 4.98 Å². The first kappa shape index (κ1) is 14.8. The first-order chi connectivity index (χ1) is 9.76. The van der Waals surface area contributed by atoms with Gasteiger partial charge in [-0.2, -0.15) is 0 Å². The second-order valence-corrected chi connectivity index (χ2v) is 5.27. The normalized spacial score (nSPS) is 10.9. The van der Waals surface area contributed by atoms with Crippen molar-refractivity contribution in [1.29, 1.82) is 0 Å². The van der Waals surface area contributed by atoms with Gasteiger partial charge in [0, 0.05) is 31.0 Å². The summed E-state index contributed by atoms with van der Waals surface area (Å²) in [7, 11) is 0. The van der Waals surface area contributed by atoms with E-state index in [9.17, 15) is 0 Å². The van der Waals surface area contributed by atoms with Crippen LogP contribution in [-0.2, 0) is 13.1 Å². The van der Waals surface area contributed by atoms with Crippen molar-refractivity contribution in [1.82, 2.24) is 14.9 Å². The average Bonchev–Trinajstić information content (AvgIpc) is 2.89. The predicted octanol–water partition coefficient (Wildman–Crippen LogP) is 3.77. The minimum Gasteiger partial charge on any atom is -0.331 e. The molecule has 2 rings (SSSR count). The number of nitrogens with zero attached hydrogens (tertiary/aromatic N) is 2. The highest BCUT2D eigenvalue weighted by Crippen LogP contribution is 2.23.